The number of aliphatic imine (C=N–C) groups is 1. The summed E-state index contributed by atoms with van der Waals surface area (Å²) in [5.74, 6) is 1.37. The van der Waals surface area contributed by atoms with Gasteiger partial charge in [-0.3, -0.25) is 4.99 Å². The van der Waals surface area contributed by atoms with Crippen molar-refractivity contribution in [3.05, 3.63) is 0 Å². The molecular weight excluding hydrogens is 292 g/mol. The van der Waals surface area contributed by atoms with Gasteiger partial charge in [-0.1, -0.05) is 79.1 Å². The highest BCUT2D eigenvalue weighted by molar-refractivity contribution is 5.85. The quantitative estimate of drug-likeness (QED) is 0.377. The van der Waals surface area contributed by atoms with E-state index in [1.54, 1.807) is 0 Å². The fraction of sp³-hybridized carbons (Fsp3) is 0.955. The third kappa shape index (κ3) is 6.41. The average molecular weight is 337 g/mol. The lowest BCUT2D eigenvalue weighted by atomic mass is 9.75. The molecular formula is C22H44N2. The van der Waals surface area contributed by atoms with Gasteiger partial charge < -0.3 is 4.90 Å². The predicted octanol–water partition coefficient (Wildman–Crippen LogP) is 6.83. The second-order valence-electron chi connectivity index (χ2n) is 9.35. The van der Waals surface area contributed by atoms with Gasteiger partial charge in [0.1, 0.15) is 0 Å². The highest BCUT2D eigenvalue weighted by Gasteiger charge is 2.44. The molecule has 24 heavy (non-hydrogen) atoms. The molecule has 142 valence electrons. The Morgan fingerprint density at radius 3 is 1.92 bits per heavy atom. The number of hydrogen-bond acceptors (Lipinski definition) is 2. The van der Waals surface area contributed by atoms with Gasteiger partial charge in [-0.05, 0) is 32.6 Å². The SMILES string of the molecule is CCCCCCCCCCCC1=NC(C)(C(C)(C)C)CN1C(C)C. The van der Waals surface area contributed by atoms with E-state index in [4.69, 9.17) is 4.99 Å². The minimum absolute atomic E-state index is 0.0614. The van der Waals surface area contributed by atoms with Gasteiger partial charge in [0.05, 0.1) is 11.4 Å². The van der Waals surface area contributed by atoms with Gasteiger partial charge in [0.25, 0.3) is 0 Å². The molecule has 0 aromatic rings. The van der Waals surface area contributed by atoms with E-state index in [0.29, 0.717) is 6.04 Å². The molecule has 0 saturated heterocycles. The van der Waals surface area contributed by atoms with Crippen LogP contribution in [-0.2, 0) is 0 Å². The van der Waals surface area contributed by atoms with Crippen LogP contribution < -0.4 is 0 Å². The van der Waals surface area contributed by atoms with Crippen LogP contribution in [0.3, 0.4) is 0 Å². The summed E-state index contributed by atoms with van der Waals surface area (Å²) in [6.45, 7) is 17.3. The molecule has 1 rings (SSSR count). The zero-order chi connectivity index (χ0) is 18.2. The molecule has 1 unspecified atom stereocenters. The average Bonchev–Trinajstić information content (AvgIpc) is 2.84. The highest BCUT2D eigenvalue weighted by Crippen LogP contribution is 2.39. The van der Waals surface area contributed by atoms with Crippen molar-refractivity contribution in [3.8, 4) is 0 Å². The summed E-state index contributed by atoms with van der Waals surface area (Å²) in [6.07, 6.45) is 13.7. The first kappa shape index (κ1) is 21.5. The van der Waals surface area contributed by atoms with Gasteiger partial charge in [-0.2, -0.15) is 0 Å². The lowest BCUT2D eigenvalue weighted by molar-refractivity contribution is 0.181. The zero-order valence-electron chi connectivity index (χ0n) is 17.7. The van der Waals surface area contributed by atoms with Crippen molar-refractivity contribution in [2.45, 2.75) is 124 Å². The fourth-order valence-electron chi connectivity index (χ4n) is 3.49. The van der Waals surface area contributed by atoms with E-state index < -0.39 is 0 Å². The molecule has 1 atom stereocenters. The highest BCUT2D eigenvalue weighted by atomic mass is 15.3. The van der Waals surface area contributed by atoms with Crippen molar-refractivity contribution < 1.29 is 0 Å². The van der Waals surface area contributed by atoms with E-state index in [-0.39, 0.29) is 11.0 Å². The first-order valence-corrected chi connectivity index (χ1v) is 10.6. The first-order chi connectivity index (χ1) is 11.2. The maximum absolute atomic E-state index is 5.20. The normalized spacial score (nSPS) is 21.7. The third-order valence-electron chi connectivity index (χ3n) is 5.93. The van der Waals surface area contributed by atoms with E-state index in [1.165, 1.54) is 70.0 Å². The minimum Gasteiger partial charge on any atom is -0.355 e. The summed E-state index contributed by atoms with van der Waals surface area (Å²) < 4.78 is 0. The Morgan fingerprint density at radius 1 is 0.958 bits per heavy atom. The number of nitrogens with zero attached hydrogens (tertiary/aromatic N) is 2. The van der Waals surface area contributed by atoms with Crippen molar-refractivity contribution in [2.75, 3.05) is 6.54 Å². The van der Waals surface area contributed by atoms with Crippen LogP contribution in [0.2, 0.25) is 0 Å². The smallest absolute Gasteiger partial charge is 0.0999 e. The minimum atomic E-state index is 0.0614. The van der Waals surface area contributed by atoms with E-state index in [1.807, 2.05) is 0 Å². The number of amidine groups is 1. The summed E-state index contributed by atoms with van der Waals surface area (Å²) in [6, 6.07) is 0.562. The summed E-state index contributed by atoms with van der Waals surface area (Å²) in [4.78, 5) is 7.76. The maximum Gasteiger partial charge on any atom is 0.0999 e. The molecule has 0 saturated carbocycles. The molecule has 0 aromatic carbocycles. The molecule has 0 aromatic heterocycles. The molecule has 0 N–H and O–H groups in total. The molecule has 0 amide bonds. The molecule has 0 fully saturated rings. The second-order valence-corrected chi connectivity index (χ2v) is 9.35. The summed E-state index contributed by atoms with van der Waals surface area (Å²) in [7, 11) is 0. The maximum atomic E-state index is 5.20. The Labute approximate surface area is 152 Å². The Bertz CT molecular complexity index is 378. The van der Waals surface area contributed by atoms with Gasteiger partial charge in [-0.15, -0.1) is 0 Å². The van der Waals surface area contributed by atoms with Crippen LogP contribution in [0.15, 0.2) is 4.99 Å². The molecule has 0 radical (unpaired) electrons. The van der Waals surface area contributed by atoms with E-state index in [2.05, 4.69) is 53.4 Å². The van der Waals surface area contributed by atoms with Gasteiger partial charge in [0.2, 0.25) is 0 Å². The Kier molecular flexibility index (Phi) is 8.81. The van der Waals surface area contributed by atoms with Gasteiger partial charge in [0, 0.05) is 19.0 Å². The van der Waals surface area contributed by atoms with Crippen LogP contribution in [0.1, 0.15) is 113 Å². The van der Waals surface area contributed by atoms with Crippen molar-refractivity contribution in [3.63, 3.8) is 0 Å². The van der Waals surface area contributed by atoms with Gasteiger partial charge in [-0.25, -0.2) is 0 Å². The van der Waals surface area contributed by atoms with E-state index in [9.17, 15) is 0 Å². The second kappa shape index (κ2) is 9.82. The van der Waals surface area contributed by atoms with Crippen LogP contribution in [0.25, 0.3) is 0 Å². The number of rotatable bonds is 11. The van der Waals surface area contributed by atoms with Gasteiger partial charge >= 0.3 is 0 Å². The number of hydrogen-bond donors (Lipinski definition) is 0. The molecule has 1 aliphatic heterocycles. The molecule has 1 heterocycles. The lowest BCUT2D eigenvalue weighted by Gasteiger charge is -2.37. The lowest BCUT2D eigenvalue weighted by Crippen LogP contribution is -2.45. The van der Waals surface area contributed by atoms with Crippen molar-refractivity contribution in [2.24, 2.45) is 10.4 Å². The largest absolute Gasteiger partial charge is 0.355 e. The molecule has 0 aliphatic carbocycles. The monoisotopic (exact) mass is 336 g/mol. The van der Waals surface area contributed by atoms with Crippen molar-refractivity contribution in [1.82, 2.24) is 4.90 Å². The summed E-state index contributed by atoms with van der Waals surface area (Å²) in [5, 5.41) is 0. The predicted molar refractivity (Wildman–Crippen MR) is 109 cm³/mol. The van der Waals surface area contributed by atoms with Crippen molar-refractivity contribution >= 4 is 5.84 Å². The Hall–Kier alpha value is -0.530. The van der Waals surface area contributed by atoms with Crippen LogP contribution in [-0.4, -0.2) is 28.9 Å². The molecule has 2 nitrogen and oxygen atoms in total. The molecule has 2 heteroatoms. The van der Waals surface area contributed by atoms with Crippen LogP contribution in [0, 0.1) is 5.41 Å². The topological polar surface area (TPSA) is 15.6 Å². The fourth-order valence-corrected chi connectivity index (χ4v) is 3.49. The summed E-state index contributed by atoms with van der Waals surface area (Å²) >= 11 is 0. The van der Waals surface area contributed by atoms with Crippen LogP contribution >= 0.6 is 0 Å². The van der Waals surface area contributed by atoms with E-state index in [0.717, 1.165) is 6.54 Å². The van der Waals surface area contributed by atoms with Crippen LogP contribution in [0.5, 0.6) is 0 Å². The zero-order valence-corrected chi connectivity index (χ0v) is 17.7. The first-order valence-electron chi connectivity index (χ1n) is 10.6. The van der Waals surface area contributed by atoms with Crippen molar-refractivity contribution in [1.29, 1.82) is 0 Å². The molecule has 0 bridgehead atoms. The summed E-state index contributed by atoms with van der Waals surface area (Å²) in [5.41, 5.74) is 0.284. The van der Waals surface area contributed by atoms with E-state index >= 15 is 0 Å². The standard InChI is InChI=1S/C22H44N2/c1-8-9-10-11-12-13-14-15-16-17-20-23-22(7,21(4,5)6)18-24(20)19(2)3/h19H,8-18H2,1-7H3. The Balaban J connectivity index is 2.35. The molecule has 1 aliphatic rings. The Morgan fingerprint density at radius 2 is 1.46 bits per heavy atom. The molecule has 0 spiro atoms. The third-order valence-corrected chi connectivity index (χ3v) is 5.93. The number of unbranched alkanes of at least 4 members (excludes halogenated alkanes) is 8. The van der Waals surface area contributed by atoms with Gasteiger partial charge in [0.15, 0.2) is 0 Å². The van der Waals surface area contributed by atoms with Crippen LogP contribution in [0.4, 0.5) is 0 Å².